The number of rotatable bonds is 7. The van der Waals surface area contributed by atoms with Crippen LogP contribution in [0.1, 0.15) is 0 Å². The smallest absolute Gasteiger partial charge is 0.137 e. The zero-order valence-electron chi connectivity index (χ0n) is 27.4. The fourth-order valence-electron chi connectivity index (χ4n) is 7.16. The highest BCUT2D eigenvalue weighted by molar-refractivity contribution is 6.06. The molecule has 2 heteroatoms. The van der Waals surface area contributed by atoms with Gasteiger partial charge in [0.25, 0.3) is 0 Å². The quantitative estimate of drug-likeness (QED) is 0.173. The fraction of sp³-hybridized carbons (Fsp3) is 0. The molecule has 0 aliphatic heterocycles. The van der Waals surface area contributed by atoms with Crippen LogP contribution in [-0.4, -0.2) is 0 Å². The first-order valence-electron chi connectivity index (χ1n) is 17.0. The van der Waals surface area contributed by atoms with E-state index in [1.165, 1.54) is 38.9 Å². The van der Waals surface area contributed by atoms with Crippen LogP contribution in [0.25, 0.3) is 66.4 Å². The minimum atomic E-state index is 0.865. The van der Waals surface area contributed by atoms with Crippen molar-refractivity contribution in [3.8, 4) is 44.5 Å². The SMILES string of the molecule is c1ccc(-c2ccccc2-c2ccc(N(c3ccc4c(c3)oc3ccccc34)c3ccccc3-c3ccccc3-c3ccccc3)cc2)cc1. The fourth-order valence-corrected chi connectivity index (χ4v) is 7.16. The van der Waals surface area contributed by atoms with E-state index in [0.717, 1.165) is 44.6 Å². The molecule has 0 amide bonds. The van der Waals surface area contributed by atoms with Crippen molar-refractivity contribution in [3.05, 3.63) is 200 Å². The first kappa shape index (κ1) is 29.5. The molecule has 0 aliphatic rings. The topological polar surface area (TPSA) is 16.4 Å². The predicted octanol–water partition coefficient (Wildman–Crippen LogP) is 13.7. The molecule has 9 rings (SSSR count). The molecule has 2 nitrogen and oxygen atoms in total. The van der Waals surface area contributed by atoms with E-state index in [-0.39, 0.29) is 0 Å². The van der Waals surface area contributed by atoms with Gasteiger partial charge in [0.2, 0.25) is 0 Å². The molecule has 236 valence electrons. The lowest BCUT2D eigenvalue weighted by atomic mass is 9.92. The van der Waals surface area contributed by atoms with Crippen LogP contribution in [0.15, 0.2) is 205 Å². The number of nitrogens with zero attached hydrogens (tertiary/aromatic N) is 1. The largest absolute Gasteiger partial charge is 0.456 e. The summed E-state index contributed by atoms with van der Waals surface area (Å²) in [6.45, 7) is 0. The Bertz CT molecular complexity index is 2580. The van der Waals surface area contributed by atoms with Crippen molar-refractivity contribution in [2.24, 2.45) is 0 Å². The maximum Gasteiger partial charge on any atom is 0.137 e. The van der Waals surface area contributed by atoms with Crippen molar-refractivity contribution in [3.63, 3.8) is 0 Å². The lowest BCUT2D eigenvalue weighted by molar-refractivity contribution is 0.669. The molecule has 0 atom stereocenters. The third-order valence-electron chi connectivity index (χ3n) is 9.52. The van der Waals surface area contributed by atoms with Crippen molar-refractivity contribution in [2.75, 3.05) is 4.90 Å². The highest BCUT2D eigenvalue weighted by Gasteiger charge is 2.20. The molecule has 1 aromatic heterocycles. The van der Waals surface area contributed by atoms with Gasteiger partial charge in [-0.05, 0) is 75.3 Å². The van der Waals surface area contributed by atoms with Crippen LogP contribution >= 0.6 is 0 Å². The standard InChI is InChI=1S/C48H33NO/c1-3-15-34(16-4-1)39-19-7-8-20-40(39)36-27-29-37(30-28-36)49(38-31-32-45-44-24-12-14-26-47(44)50-48(45)33-38)46-25-13-11-23-43(46)42-22-10-9-21-41(42)35-17-5-2-6-18-35/h1-33H. The summed E-state index contributed by atoms with van der Waals surface area (Å²) in [5, 5.41) is 2.24. The average molecular weight is 640 g/mol. The van der Waals surface area contributed by atoms with E-state index >= 15 is 0 Å². The normalized spacial score (nSPS) is 11.2. The number of furan rings is 1. The van der Waals surface area contributed by atoms with Crippen LogP contribution < -0.4 is 4.90 Å². The average Bonchev–Trinajstić information content (AvgIpc) is 3.57. The van der Waals surface area contributed by atoms with Gasteiger partial charge in [0.15, 0.2) is 0 Å². The molecule has 0 spiro atoms. The second-order valence-corrected chi connectivity index (χ2v) is 12.5. The Balaban J connectivity index is 1.22. The molecular weight excluding hydrogens is 607 g/mol. The van der Waals surface area contributed by atoms with E-state index in [0.29, 0.717) is 0 Å². The zero-order valence-corrected chi connectivity index (χ0v) is 27.4. The van der Waals surface area contributed by atoms with Gasteiger partial charge in [-0.15, -0.1) is 0 Å². The number of benzene rings is 8. The molecule has 0 saturated carbocycles. The van der Waals surface area contributed by atoms with Gasteiger partial charge in [-0.25, -0.2) is 0 Å². The van der Waals surface area contributed by atoms with E-state index in [9.17, 15) is 0 Å². The molecule has 1 heterocycles. The van der Waals surface area contributed by atoms with Gasteiger partial charge in [-0.3, -0.25) is 0 Å². The molecule has 50 heavy (non-hydrogen) atoms. The van der Waals surface area contributed by atoms with Crippen molar-refractivity contribution in [1.29, 1.82) is 0 Å². The second-order valence-electron chi connectivity index (χ2n) is 12.5. The molecule has 8 aromatic carbocycles. The zero-order chi connectivity index (χ0) is 33.3. The molecule has 0 saturated heterocycles. The summed E-state index contributed by atoms with van der Waals surface area (Å²) >= 11 is 0. The summed E-state index contributed by atoms with van der Waals surface area (Å²) in [6, 6.07) is 71.0. The van der Waals surface area contributed by atoms with Gasteiger partial charge >= 0.3 is 0 Å². The Hall–Kier alpha value is -6.64. The summed E-state index contributed by atoms with van der Waals surface area (Å²) < 4.78 is 6.41. The number of fused-ring (bicyclic) bond motifs is 3. The Morgan fingerprint density at radius 1 is 0.300 bits per heavy atom. The van der Waals surface area contributed by atoms with Crippen molar-refractivity contribution in [2.45, 2.75) is 0 Å². The lowest BCUT2D eigenvalue weighted by Crippen LogP contribution is -2.11. The lowest BCUT2D eigenvalue weighted by Gasteiger charge is -2.28. The van der Waals surface area contributed by atoms with E-state index in [2.05, 4.69) is 193 Å². The first-order chi connectivity index (χ1) is 24.8. The third kappa shape index (κ3) is 5.34. The van der Waals surface area contributed by atoms with Crippen molar-refractivity contribution in [1.82, 2.24) is 0 Å². The highest BCUT2D eigenvalue weighted by atomic mass is 16.3. The summed E-state index contributed by atoms with van der Waals surface area (Å²) in [7, 11) is 0. The maximum atomic E-state index is 6.41. The number of para-hydroxylation sites is 2. The van der Waals surface area contributed by atoms with E-state index in [1.807, 2.05) is 12.1 Å². The van der Waals surface area contributed by atoms with Crippen LogP contribution in [0.3, 0.4) is 0 Å². The van der Waals surface area contributed by atoms with Gasteiger partial charge in [-0.1, -0.05) is 158 Å². The first-order valence-corrected chi connectivity index (χ1v) is 17.0. The molecule has 0 N–H and O–H groups in total. The molecule has 0 bridgehead atoms. The third-order valence-corrected chi connectivity index (χ3v) is 9.52. The van der Waals surface area contributed by atoms with Gasteiger partial charge < -0.3 is 9.32 Å². The van der Waals surface area contributed by atoms with Gasteiger partial charge in [0.1, 0.15) is 11.2 Å². The molecular formula is C48H33NO. The van der Waals surface area contributed by atoms with Crippen LogP contribution in [0.4, 0.5) is 17.1 Å². The molecule has 0 unspecified atom stereocenters. The summed E-state index contributed by atoms with van der Waals surface area (Å²) in [4.78, 5) is 2.36. The summed E-state index contributed by atoms with van der Waals surface area (Å²) in [6.07, 6.45) is 0. The minimum absolute atomic E-state index is 0.865. The van der Waals surface area contributed by atoms with Crippen LogP contribution in [0.2, 0.25) is 0 Å². The monoisotopic (exact) mass is 639 g/mol. The van der Waals surface area contributed by atoms with Crippen molar-refractivity contribution >= 4 is 39.0 Å². The van der Waals surface area contributed by atoms with Gasteiger partial charge in [-0.2, -0.15) is 0 Å². The predicted molar refractivity (Wildman–Crippen MR) is 210 cm³/mol. The Morgan fingerprint density at radius 2 is 0.760 bits per heavy atom. The van der Waals surface area contributed by atoms with Gasteiger partial charge in [0.05, 0.1) is 5.69 Å². The van der Waals surface area contributed by atoms with Gasteiger partial charge in [0, 0.05) is 33.8 Å². The summed E-state index contributed by atoms with van der Waals surface area (Å²) in [5.74, 6) is 0. The van der Waals surface area contributed by atoms with Crippen molar-refractivity contribution < 1.29 is 4.42 Å². The van der Waals surface area contributed by atoms with E-state index in [4.69, 9.17) is 4.42 Å². The Labute approximate surface area is 292 Å². The molecule has 0 radical (unpaired) electrons. The highest BCUT2D eigenvalue weighted by Crippen LogP contribution is 2.45. The van der Waals surface area contributed by atoms with Crippen LogP contribution in [-0.2, 0) is 0 Å². The van der Waals surface area contributed by atoms with E-state index < -0.39 is 0 Å². The minimum Gasteiger partial charge on any atom is -0.456 e. The molecule has 9 aromatic rings. The molecule has 0 fully saturated rings. The Kier molecular flexibility index (Phi) is 7.53. The summed E-state index contributed by atoms with van der Waals surface area (Å²) in [5.41, 5.74) is 14.4. The number of hydrogen-bond acceptors (Lipinski definition) is 2. The molecule has 0 aliphatic carbocycles. The maximum absolute atomic E-state index is 6.41. The number of anilines is 3. The Morgan fingerprint density at radius 3 is 1.42 bits per heavy atom. The van der Waals surface area contributed by atoms with Crippen LogP contribution in [0.5, 0.6) is 0 Å². The second kappa shape index (κ2) is 12.8. The van der Waals surface area contributed by atoms with Crippen LogP contribution in [0, 0.1) is 0 Å². The van der Waals surface area contributed by atoms with E-state index in [1.54, 1.807) is 0 Å². The number of hydrogen-bond donors (Lipinski definition) is 0.